The number of fused-ring (bicyclic) bond motifs is 1. The van der Waals surface area contributed by atoms with Gasteiger partial charge < -0.3 is 19.5 Å². The lowest BCUT2D eigenvalue weighted by atomic mass is 10.0. The van der Waals surface area contributed by atoms with Gasteiger partial charge in [0, 0.05) is 20.3 Å². The molecule has 1 saturated heterocycles. The van der Waals surface area contributed by atoms with Crippen LogP contribution in [0.5, 0.6) is 11.5 Å². The van der Waals surface area contributed by atoms with Crippen LogP contribution >= 0.6 is 0 Å². The fraction of sp³-hybridized carbons (Fsp3) is 0.294. The molecule has 3 rings (SSSR count). The summed E-state index contributed by atoms with van der Waals surface area (Å²) in [4.78, 5) is 46.9. The molecule has 1 aliphatic carbocycles. The minimum absolute atomic E-state index is 0.0143. The summed E-state index contributed by atoms with van der Waals surface area (Å²) in [6, 6.07) is 4.29. The van der Waals surface area contributed by atoms with Crippen molar-refractivity contribution < 1.29 is 33.4 Å². The minimum atomic E-state index is -1.08. The smallest absolute Gasteiger partial charge is 0.308 e. The molecule has 1 N–H and O–H groups in total. The van der Waals surface area contributed by atoms with Crippen LogP contribution in [0.15, 0.2) is 30.4 Å². The molecule has 2 unspecified atom stereocenters. The lowest BCUT2D eigenvalue weighted by Crippen LogP contribution is -2.42. The summed E-state index contributed by atoms with van der Waals surface area (Å²) in [5.74, 6) is -2.37. The van der Waals surface area contributed by atoms with Gasteiger partial charge in [0.15, 0.2) is 29.1 Å². The summed E-state index contributed by atoms with van der Waals surface area (Å²) in [5.41, 5.74) is -1.09. The zero-order valence-electron chi connectivity index (χ0n) is 13.5. The van der Waals surface area contributed by atoms with Crippen molar-refractivity contribution in [3.8, 4) is 11.5 Å². The number of ketones is 1. The van der Waals surface area contributed by atoms with Crippen LogP contribution in [-0.4, -0.2) is 35.5 Å². The van der Waals surface area contributed by atoms with Crippen LogP contribution in [-0.2, 0) is 19.1 Å². The predicted molar refractivity (Wildman–Crippen MR) is 82.9 cm³/mol. The number of hydrogen-bond acceptors (Lipinski definition) is 7. The number of esters is 2. The molecule has 0 spiro atoms. The standard InChI is InChI=1S/C17H15NO7/c1-9(19)23-13-7-3-5-11(14(13)24-10(2)20)16(22)18-17-8-4-6-12(21)15(17)25-17/h3-7,15H,8H2,1-2H3,(H,18,22). The van der Waals surface area contributed by atoms with Crippen molar-refractivity contribution in [2.24, 2.45) is 0 Å². The average Bonchev–Trinajstić information content (AvgIpc) is 3.23. The van der Waals surface area contributed by atoms with Crippen LogP contribution in [0.25, 0.3) is 0 Å². The minimum Gasteiger partial charge on any atom is -0.423 e. The zero-order valence-corrected chi connectivity index (χ0v) is 13.5. The van der Waals surface area contributed by atoms with E-state index in [2.05, 4.69) is 5.32 Å². The molecule has 1 aromatic rings. The Morgan fingerprint density at radius 2 is 1.92 bits per heavy atom. The Morgan fingerprint density at radius 1 is 1.20 bits per heavy atom. The zero-order chi connectivity index (χ0) is 18.2. The molecule has 0 saturated carbocycles. The SMILES string of the molecule is CC(=O)Oc1cccc(C(=O)NC23CC=CC(=O)C2O3)c1OC(C)=O. The molecule has 0 bridgehead atoms. The third-order valence-electron chi connectivity index (χ3n) is 3.70. The predicted octanol–water partition coefficient (Wildman–Crippen LogP) is 0.891. The average molecular weight is 345 g/mol. The summed E-state index contributed by atoms with van der Waals surface area (Å²) >= 11 is 0. The third-order valence-corrected chi connectivity index (χ3v) is 3.70. The molecular formula is C17H15NO7. The highest BCUT2D eigenvalue weighted by atomic mass is 16.6. The van der Waals surface area contributed by atoms with Crippen molar-refractivity contribution in [3.05, 3.63) is 35.9 Å². The number of carbonyl (C=O) groups is 4. The van der Waals surface area contributed by atoms with Crippen LogP contribution in [0.2, 0.25) is 0 Å². The van der Waals surface area contributed by atoms with E-state index in [0.29, 0.717) is 6.42 Å². The third kappa shape index (κ3) is 3.29. The Bertz CT molecular complexity index is 813. The van der Waals surface area contributed by atoms with Gasteiger partial charge in [-0.3, -0.25) is 19.2 Å². The lowest BCUT2D eigenvalue weighted by molar-refractivity contribution is -0.134. The number of para-hydroxylation sites is 1. The van der Waals surface area contributed by atoms with Gasteiger partial charge in [-0.25, -0.2) is 0 Å². The highest BCUT2D eigenvalue weighted by Crippen LogP contribution is 2.42. The largest absolute Gasteiger partial charge is 0.423 e. The Hall–Kier alpha value is -3.00. The Kier molecular flexibility index (Phi) is 4.13. The fourth-order valence-electron chi connectivity index (χ4n) is 2.64. The molecule has 1 heterocycles. The lowest BCUT2D eigenvalue weighted by Gasteiger charge is -2.17. The van der Waals surface area contributed by atoms with Crippen molar-refractivity contribution in [1.82, 2.24) is 5.32 Å². The first-order chi connectivity index (χ1) is 11.8. The van der Waals surface area contributed by atoms with Gasteiger partial charge in [0.2, 0.25) is 0 Å². The number of hydrogen-bond donors (Lipinski definition) is 1. The molecule has 2 atom stereocenters. The number of benzene rings is 1. The van der Waals surface area contributed by atoms with Gasteiger partial charge in [-0.05, 0) is 18.2 Å². The highest BCUT2D eigenvalue weighted by molar-refractivity contribution is 6.02. The summed E-state index contributed by atoms with van der Waals surface area (Å²) in [5, 5.41) is 2.65. The second-order valence-electron chi connectivity index (χ2n) is 5.67. The fourth-order valence-corrected chi connectivity index (χ4v) is 2.64. The molecule has 0 radical (unpaired) electrons. The molecule has 1 amide bonds. The molecular weight excluding hydrogens is 330 g/mol. The van der Waals surface area contributed by atoms with Gasteiger partial charge in [0.05, 0.1) is 5.56 Å². The number of ether oxygens (including phenoxy) is 3. The summed E-state index contributed by atoms with van der Waals surface area (Å²) < 4.78 is 15.4. The van der Waals surface area contributed by atoms with Crippen molar-refractivity contribution in [3.63, 3.8) is 0 Å². The highest BCUT2D eigenvalue weighted by Gasteiger charge is 2.62. The maximum atomic E-state index is 12.6. The first kappa shape index (κ1) is 16.8. The van der Waals surface area contributed by atoms with E-state index in [9.17, 15) is 19.2 Å². The van der Waals surface area contributed by atoms with Crippen molar-refractivity contribution >= 4 is 23.6 Å². The van der Waals surface area contributed by atoms with E-state index in [0.717, 1.165) is 6.92 Å². The van der Waals surface area contributed by atoms with Gasteiger partial charge >= 0.3 is 11.9 Å². The van der Waals surface area contributed by atoms with Crippen LogP contribution in [0, 0.1) is 0 Å². The monoisotopic (exact) mass is 345 g/mol. The number of carbonyl (C=O) groups excluding carboxylic acids is 4. The van der Waals surface area contributed by atoms with Crippen molar-refractivity contribution in [2.75, 3.05) is 0 Å². The van der Waals surface area contributed by atoms with Crippen molar-refractivity contribution in [2.45, 2.75) is 32.1 Å². The first-order valence-electron chi connectivity index (χ1n) is 7.53. The van der Waals surface area contributed by atoms with E-state index in [4.69, 9.17) is 14.2 Å². The molecule has 1 fully saturated rings. The Balaban J connectivity index is 1.89. The number of epoxide rings is 1. The molecule has 2 aliphatic rings. The maximum Gasteiger partial charge on any atom is 0.308 e. The summed E-state index contributed by atoms with van der Waals surface area (Å²) in [7, 11) is 0. The Morgan fingerprint density at radius 3 is 2.60 bits per heavy atom. The molecule has 8 nitrogen and oxygen atoms in total. The van der Waals surface area contributed by atoms with E-state index in [1.54, 1.807) is 6.08 Å². The normalized spacial score (nSPS) is 23.4. The topological polar surface area (TPSA) is 111 Å². The van der Waals surface area contributed by atoms with Crippen LogP contribution in [0.1, 0.15) is 30.6 Å². The van der Waals surface area contributed by atoms with E-state index >= 15 is 0 Å². The first-order valence-corrected chi connectivity index (χ1v) is 7.53. The van der Waals surface area contributed by atoms with Gasteiger partial charge in [0.1, 0.15) is 0 Å². The van der Waals surface area contributed by atoms with E-state index in [1.807, 2.05) is 0 Å². The van der Waals surface area contributed by atoms with Gasteiger partial charge in [-0.2, -0.15) is 0 Å². The van der Waals surface area contributed by atoms with Gasteiger partial charge in [0.25, 0.3) is 5.91 Å². The van der Waals surface area contributed by atoms with Crippen LogP contribution < -0.4 is 14.8 Å². The van der Waals surface area contributed by atoms with Crippen molar-refractivity contribution in [1.29, 1.82) is 0 Å². The summed E-state index contributed by atoms with van der Waals surface area (Å²) in [6.07, 6.45) is 2.67. The quantitative estimate of drug-likeness (QED) is 0.490. The second-order valence-corrected chi connectivity index (χ2v) is 5.67. The number of rotatable bonds is 4. The molecule has 25 heavy (non-hydrogen) atoms. The molecule has 130 valence electrons. The molecule has 1 aromatic carbocycles. The number of nitrogens with one attached hydrogen (secondary N) is 1. The number of amides is 1. The molecule has 8 heteroatoms. The van der Waals surface area contributed by atoms with Gasteiger partial charge in [-0.1, -0.05) is 12.1 Å². The second kappa shape index (κ2) is 6.14. The van der Waals surface area contributed by atoms with Crippen LogP contribution in [0.4, 0.5) is 0 Å². The van der Waals surface area contributed by atoms with E-state index in [1.165, 1.54) is 31.2 Å². The summed E-state index contributed by atoms with van der Waals surface area (Å²) in [6.45, 7) is 2.35. The van der Waals surface area contributed by atoms with E-state index < -0.39 is 29.7 Å². The van der Waals surface area contributed by atoms with Gasteiger partial charge in [-0.15, -0.1) is 0 Å². The van der Waals surface area contributed by atoms with Crippen LogP contribution in [0.3, 0.4) is 0 Å². The molecule has 1 aliphatic heterocycles. The van der Waals surface area contributed by atoms with E-state index in [-0.39, 0.29) is 22.8 Å². The Labute approximate surface area is 142 Å². The molecule has 0 aromatic heterocycles. The maximum absolute atomic E-state index is 12.6.